The van der Waals surface area contributed by atoms with Crippen molar-refractivity contribution in [2.24, 2.45) is 5.92 Å². The van der Waals surface area contributed by atoms with Gasteiger partial charge >= 0.3 is 0 Å². The van der Waals surface area contributed by atoms with Crippen LogP contribution in [0.15, 0.2) is 24.3 Å². The van der Waals surface area contributed by atoms with Crippen LogP contribution < -0.4 is 5.19 Å². The smallest absolute Gasteiger partial charge is 0.0775 e. The molecule has 1 saturated heterocycles. The van der Waals surface area contributed by atoms with Crippen molar-refractivity contribution < 1.29 is 0 Å². The Morgan fingerprint density at radius 1 is 1.00 bits per heavy atom. The van der Waals surface area contributed by atoms with E-state index in [0.717, 1.165) is 5.92 Å². The lowest BCUT2D eigenvalue weighted by molar-refractivity contribution is 0.200. The molecule has 0 bridgehead atoms. The van der Waals surface area contributed by atoms with Crippen LogP contribution in [0.25, 0.3) is 0 Å². The molecule has 2 heteroatoms. The van der Waals surface area contributed by atoms with Gasteiger partial charge in [0.2, 0.25) is 0 Å². The van der Waals surface area contributed by atoms with Crippen LogP contribution in [0.4, 0.5) is 0 Å². The van der Waals surface area contributed by atoms with E-state index >= 15 is 0 Å². The number of piperidine rings is 1. The van der Waals surface area contributed by atoms with Gasteiger partial charge in [0.05, 0.1) is 8.07 Å². The monoisotopic (exact) mass is 289 g/mol. The number of likely N-dealkylation sites (tertiary alicyclic amines) is 1. The molecule has 0 radical (unpaired) electrons. The van der Waals surface area contributed by atoms with E-state index in [0.29, 0.717) is 0 Å². The highest BCUT2D eigenvalue weighted by Gasteiger charge is 2.17. The summed E-state index contributed by atoms with van der Waals surface area (Å²) >= 11 is 0. The average Bonchev–Trinajstić information content (AvgIpc) is 2.39. The average molecular weight is 290 g/mol. The minimum Gasteiger partial charge on any atom is -0.303 e. The van der Waals surface area contributed by atoms with Crippen LogP contribution >= 0.6 is 0 Å². The Balaban J connectivity index is 1.86. The molecule has 1 unspecified atom stereocenters. The van der Waals surface area contributed by atoms with E-state index in [1.165, 1.54) is 50.9 Å². The van der Waals surface area contributed by atoms with E-state index < -0.39 is 8.07 Å². The standard InChI is InChI=1S/C18H31NSi/c1-16(15-19-12-6-5-7-13-19)14-17-8-10-18(11-9-17)20(2,3)4/h8-11,16H,5-7,12-15H2,1-4H3. The number of rotatable bonds is 5. The molecule has 0 aromatic heterocycles. The molecular formula is C18H31NSi. The molecule has 1 atom stereocenters. The highest BCUT2D eigenvalue weighted by Crippen LogP contribution is 2.14. The first-order valence-corrected chi connectivity index (χ1v) is 11.8. The molecule has 1 aliphatic rings. The second kappa shape index (κ2) is 6.90. The van der Waals surface area contributed by atoms with Crippen molar-refractivity contribution in [1.82, 2.24) is 4.90 Å². The lowest BCUT2D eigenvalue weighted by atomic mass is 9.99. The van der Waals surface area contributed by atoms with Gasteiger partial charge in [-0.05, 0) is 43.8 Å². The van der Waals surface area contributed by atoms with E-state index in [4.69, 9.17) is 0 Å². The zero-order valence-electron chi connectivity index (χ0n) is 13.8. The normalized spacial score (nSPS) is 19.0. The molecule has 0 amide bonds. The van der Waals surface area contributed by atoms with Gasteiger partial charge in [0.25, 0.3) is 0 Å². The highest BCUT2D eigenvalue weighted by atomic mass is 28.3. The summed E-state index contributed by atoms with van der Waals surface area (Å²) in [6.07, 6.45) is 5.46. The SMILES string of the molecule is CC(Cc1ccc([Si](C)(C)C)cc1)CN1CCCCC1. The van der Waals surface area contributed by atoms with Crippen molar-refractivity contribution in [3.05, 3.63) is 29.8 Å². The van der Waals surface area contributed by atoms with Crippen LogP contribution in [0.5, 0.6) is 0 Å². The van der Waals surface area contributed by atoms with Gasteiger partial charge in [0.15, 0.2) is 0 Å². The van der Waals surface area contributed by atoms with Gasteiger partial charge in [0, 0.05) is 6.54 Å². The predicted octanol–water partition coefficient (Wildman–Crippen LogP) is 3.90. The zero-order chi connectivity index (χ0) is 14.6. The molecule has 1 aliphatic heterocycles. The van der Waals surface area contributed by atoms with Crippen LogP contribution in [0, 0.1) is 5.92 Å². The zero-order valence-corrected chi connectivity index (χ0v) is 14.8. The third-order valence-electron chi connectivity index (χ3n) is 4.42. The van der Waals surface area contributed by atoms with Gasteiger partial charge in [-0.25, -0.2) is 0 Å². The number of benzene rings is 1. The summed E-state index contributed by atoms with van der Waals surface area (Å²) in [5.41, 5.74) is 1.51. The molecule has 1 fully saturated rings. The highest BCUT2D eigenvalue weighted by molar-refractivity contribution is 6.88. The van der Waals surface area contributed by atoms with Crippen LogP contribution in [-0.4, -0.2) is 32.6 Å². The molecule has 112 valence electrons. The molecule has 2 rings (SSSR count). The Labute approximate surface area is 126 Å². The lowest BCUT2D eigenvalue weighted by Crippen LogP contribution is -2.37. The fraction of sp³-hybridized carbons (Fsp3) is 0.667. The third kappa shape index (κ3) is 4.74. The number of hydrogen-bond donors (Lipinski definition) is 0. The molecule has 0 aliphatic carbocycles. The molecule has 1 aromatic rings. The summed E-state index contributed by atoms with van der Waals surface area (Å²) in [5.74, 6) is 0.769. The first kappa shape index (κ1) is 15.8. The molecule has 1 aromatic carbocycles. The molecular weight excluding hydrogens is 258 g/mol. The molecule has 20 heavy (non-hydrogen) atoms. The number of hydrogen-bond acceptors (Lipinski definition) is 1. The van der Waals surface area contributed by atoms with Gasteiger partial charge in [-0.15, -0.1) is 0 Å². The van der Waals surface area contributed by atoms with E-state index in [1.54, 1.807) is 5.19 Å². The van der Waals surface area contributed by atoms with Crippen molar-refractivity contribution in [1.29, 1.82) is 0 Å². The minimum absolute atomic E-state index is 0.769. The summed E-state index contributed by atoms with van der Waals surface area (Å²) < 4.78 is 0. The summed E-state index contributed by atoms with van der Waals surface area (Å²) in [4.78, 5) is 2.66. The third-order valence-corrected chi connectivity index (χ3v) is 6.49. The Kier molecular flexibility index (Phi) is 5.45. The second-order valence-electron chi connectivity index (χ2n) is 7.62. The largest absolute Gasteiger partial charge is 0.303 e. The molecule has 1 nitrogen and oxygen atoms in total. The van der Waals surface area contributed by atoms with Gasteiger partial charge in [-0.1, -0.05) is 62.4 Å². The van der Waals surface area contributed by atoms with Crippen molar-refractivity contribution in [3.63, 3.8) is 0 Å². The van der Waals surface area contributed by atoms with Crippen molar-refractivity contribution in [2.45, 2.75) is 52.2 Å². The van der Waals surface area contributed by atoms with Gasteiger partial charge in [0.1, 0.15) is 0 Å². The maximum absolute atomic E-state index is 2.66. The first-order chi connectivity index (χ1) is 9.45. The van der Waals surface area contributed by atoms with Crippen LogP contribution in [0.1, 0.15) is 31.7 Å². The minimum atomic E-state index is -1.14. The van der Waals surface area contributed by atoms with Gasteiger partial charge in [-0.2, -0.15) is 0 Å². The Morgan fingerprint density at radius 3 is 2.15 bits per heavy atom. The van der Waals surface area contributed by atoms with E-state index in [2.05, 4.69) is 55.7 Å². The Bertz CT molecular complexity index is 398. The van der Waals surface area contributed by atoms with Crippen LogP contribution in [-0.2, 0) is 6.42 Å². The van der Waals surface area contributed by atoms with E-state index in [1.807, 2.05) is 0 Å². The van der Waals surface area contributed by atoms with E-state index in [-0.39, 0.29) is 0 Å². The molecule has 0 saturated carbocycles. The van der Waals surface area contributed by atoms with Gasteiger partial charge in [-0.3, -0.25) is 0 Å². The summed E-state index contributed by atoms with van der Waals surface area (Å²) in [6.45, 7) is 13.6. The van der Waals surface area contributed by atoms with Crippen LogP contribution in [0.2, 0.25) is 19.6 Å². The molecule has 0 N–H and O–H groups in total. The quantitative estimate of drug-likeness (QED) is 0.743. The fourth-order valence-electron chi connectivity index (χ4n) is 3.19. The first-order valence-electron chi connectivity index (χ1n) is 8.27. The van der Waals surface area contributed by atoms with Crippen molar-refractivity contribution >= 4 is 13.3 Å². The fourth-order valence-corrected chi connectivity index (χ4v) is 4.36. The maximum atomic E-state index is 2.66. The predicted molar refractivity (Wildman–Crippen MR) is 92.6 cm³/mol. The second-order valence-corrected chi connectivity index (χ2v) is 12.7. The summed E-state index contributed by atoms with van der Waals surface area (Å²) in [7, 11) is -1.14. The van der Waals surface area contributed by atoms with Crippen LogP contribution in [0.3, 0.4) is 0 Å². The van der Waals surface area contributed by atoms with Gasteiger partial charge < -0.3 is 4.90 Å². The lowest BCUT2D eigenvalue weighted by Gasteiger charge is -2.29. The molecule has 0 spiro atoms. The van der Waals surface area contributed by atoms with Crippen molar-refractivity contribution in [2.75, 3.05) is 19.6 Å². The summed E-state index contributed by atoms with van der Waals surface area (Å²) in [6, 6.07) is 9.46. The van der Waals surface area contributed by atoms with Crippen molar-refractivity contribution in [3.8, 4) is 0 Å². The topological polar surface area (TPSA) is 3.24 Å². The Morgan fingerprint density at radius 2 is 1.60 bits per heavy atom. The maximum Gasteiger partial charge on any atom is 0.0775 e. The Hall–Kier alpha value is -0.603. The number of nitrogens with zero attached hydrogens (tertiary/aromatic N) is 1. The summed E-state index contributed by atoms with van der Waals surface area (Å²) in [5, 5.41) is 1.57. The van der Waals surface area contributed by atoms with E-state index in [9.17, 15) is 0 Å². The molecule has 1 heterocycles.